The molecule has 37 heavy (non-hydrogen) atoms. The van der Waals surface area contributed by atoms with Crippen molar-refractivity contribution >= 4 is 10.9 Å². The van der Waals surface area contributed by atoms with E-state index in [4.69, 9.17) is 9.47 Å². The Morgan fingerprint density at radius 2 is 1.68 bits per heavy atom. The van der Waals surface area contributed by atoms with Gasteiger partial charge in [0.25, 0.3) is 5.56 Å². The van der Waals surface area contributed by atoms with Crippen LogP contribution in [0.3, 0.4) is 0 Å². The normalized spacial score (nSPS) is 13.4. The summed E-state index contributed by atoms with van der Waals surface area (Å²) in [6.07, 6.45) is 0. The Balaban J connectivity index is 1.48. The van der Waals surface area contributed by atoms with Crippen LogP contribution in [0, 0.1) is 0 Å². The predicted octanol–water partition coefficient (Wildman–Crippen LogP) is 3.90. The van der Waals surface area contributed by atoms with Crippen LogP contribution in [0.5, 0.6) is 11.5 Å². The minimum absolute atomic E-state index is 0.167. The maximum Gasteiger partial charge on any atom is 0.253 e. The van der Waals surface area contributed by atoms with Gasteiger partial charge in [-0.15, -0.1) is 5.10 Å². The lowest BCUT2D eigenvalue weighted by molar-refractivity contribution is 0.174. The van der Waals surface area contributed by atoms with Gasteiger partial charge in [-0.3, -0.25) is 9.69 Å². The molecule has 0 unspecified atom stereocenters. The first-order valence-electron chi connectivity index (χ1n) is 12.2. The fraction of sp³-hybridized carbons (Fsp3) is 0.214. The van der Waals surface area contributed by atoms with E-state index in [9.17, 15) is 4.79 Å². The summed E-state index contributed by atoms with van der Waals surface area (Å²) in [6, 6.07) is 25.3. The standard InChI is InChI=1S/C28H26N6O3/c1-2-33(16-19-9-5-3-6-10-19)26(27-30-31-32-34(27)17-20-11-7-4-8-12-20)22-13-21-14-24-25(37-18-36-24)15-23(21)29-28(22)35/h3-15,26H,2,16-18H2,1H3,(H,29,35)/t26-/m0/s1. The fourth-order valence-electron chi connectivity index (χ4n) is 4.80. The molecule has 186 valence electrons. The highest BCUT2D eigenvalue weighted by Gasteiger charge is 2.30. The highest BCUT2D eigenvalue weighted by molar-refractivity contribution is 5.83. The van der Waals surface area contributed by atoms with Crippen molar-refractivity contribution in [1.29, 1.82) is 0 Å². The van der Waals surface area contributed by atoms with E-state index in [2.05, 4.69) is 44.5 Å². The van der Waals surface area contributed by atoms with E-state index < -0.39 is 6.04 Å². The van der Waals surface area contributed by atoms with Crippen LogP contribution in [-0.2, 0) is 13.1 Å². The summed E-state index contributed by atoms with van der Waals surface area (Å²) in [6.45, 7) is 4.04. The summed E-state index contributed by atoms with van der Waals surface area (Å²) < 4.78 is 12.9. The molecule has 0 amide bonds. The zero-order valence-corrected chi connectivity index (χ0v) is 20.4. The number of nitrogens with one attached hydrogen (secondary N) is 1. The van der Waals surface area contributed by atoms with Crippen molar-refractivity contribution < 1.29 is 9.47 Å². The Labute approximate surface area is 213 Å². The number of rotatable bonds is 8. The van der Waals surface area contributed by atoms with Crippen LogP contribution in [0.25, 0.3) is 10.9 Å². The van der Waals surface area contributed by atoms with Crippen molar-refractivity contribution in [2.45, 2.75) is 26.1 Å². The number of benzene rings is 3. The number of aromatic nitrogens is 5. The molecule has 9 nitrogen and oxygen atoms in total. The van der Waals surface area contributed by atoms with Crippen LogP contribution in [0.1, 0.15) is 35.5 Å². The lowest BCUT2D eigenvalue weighted by Crippen LogP contribution is -2.35. The number of pyridine rings is 1. The van der Waals surface area contributed by atoms with Crippen LogP contribution >= 0.6 is 0 Å². The third-order valence-corrected chi connectivity index (χ3v) is 6.64. The smallest absolute Gasteiger partial charge is 0.253 e. The number of H-pyrrole nitrogens is 1. The lowest BCUT2D eigenvalue weighted by atomic mass is 10.0. The molecule has 3 heterocycles. The fourth-order valence-corrected chi connectivity index (χ4v) is 4.80. The minimum Gasteiger partial charge on any atom is -0.454 e. The molecule has 5 aromatic rings. The molecule has 2 aromatic heterocycles. The molecule has 0 radical (unpaired) electrons. The van der Waals surface area contributed by atoms with Gasteiger partial charge in [-0.25, -0.2) is 4.68 Å². The lowest BCUT2D eigenvalue weighted by Gasteiger charge is -2.30. The van der Waals surface area contributed by atoms with Crippen LogP contribution in [0.15, 0.2) is 83.7 Å². The van der Waals surface area contributed by atoms with E-state index in [-0.39, 0.29) is 12.4 Å². The molecule has 0 fully saturated rings. The zero-order valence-electron chi connectivity index (χ0n) is 20.4. The summed E-state index contributed by atoms with van der Waals surface area (Å²) in [5.41, 5.74) is 3.26. The van der Waals surface area contributed by atoms with Crippen molar-refractivity contribution in [3.8, 4) is 11.5 Å². The van der Waals surface area contributed by atoms with Gasteiger partial charge in [0.15, 0.2) is 17.3 Å². The molecule has 1 atom stereocenters. The summed E-state index contributed by atoms with van der Waals surface area (Å²) in [5.74, 6) is 1.89. The molecule has 0 aliphatic carbocycles. The second-order valence-electron chi connectivity index (χ2n) is 8.98. The van der Waals surface area contributed by atoms with Gasteiger partial charge < -0.3 is 14.5 Å². The molecule has 0 saturated heterocycles. The second kappa shape index (κ2) is 9.87. The molecule has 9 heteroatoms. The Bertz CT molecular complexity index is 1580. The SMILES string of the molecule is CCN(Cc1ccccc1)[C@@H](c1cc2cc3c(cc2[nH]c1=O)OCO3)c1nnnn1Cc1ccccc1. The number of nitrogens with zero attached hydrogens (tertiary/aromatic N) is 5. The van der Waals surface area contributed by atoms with Crippen LogP contribution < -0.4 is 15.0 Å². The summed E-state index contributed by atoms with van der Waals surface area (Å²) >= 11 is 0. The van der Waals surface area contributed by atoms with Crippen LogP contribution in [0.4, 0.5) is 0 Å². The highest BCUT2D eigenvalue weighted by Crippen LogP contribution is 2.36. The van der Waals surface area contributed by atoms with Crippen molar-refractivity contribution in [2.75, 3.05) is 13.3 Å². The van der Waals surface area contributed by atoms with Gasteiger partial charge in [-0.1, -0.05) is 67.6 Å². The number of fused-ring (bicyclic) bond motifs is 2. The first kappa shape index (κ1) is 22.9. The topological polar surface area (TPSA) is 98.2 Å². The quantitative estimate of drug-likeness (QED) is 0.349. The molecule has 0 spiro atoms. The van der Waals surface area contributed by atoms with Crippen molar-refractivity contribution in [1.82, 2.24) is 30.1 Å². The zero-order chi connectivity index (χ0) is 25.2. The molecule has 0 saturated carbocycles. The maximum absolute atomic E-state index is 13.6. The molecule has 3 aromatic carbocycles. The number of aromatic amines is 1. The number of hydrogen-bond acceptors (Lipinski definition) is 7. The maximum atomic E-state index is 13.6. The van der Waals surface area contributed by atoms with Crippen molar-refractivity contribution in [2.24, 2.45) is 0 Å². The Morgan fingerprint density at radius 1 is 0.973 bits per heavy atom. The van der Waals surface area contributed by atoms with Gasteiger partial charge in [0.2, 0.25) is 6.79 Å². The van der Waals surface area contributed by atoms with Crippen LogP contribution in [-0.4, -0.2) is 43.4 Å². The summed E-state index contributed by atoms with van der Waals surface area (Å²) in [5, 5.41) is 13.6. The van der Waals surface area contributed by atoms with Gasteiger partial charge in [0.1, 0.15) is 6.04 Å². The van der Waals surface area contributed by atoms with E-state index >= 15 is 0 Å². The molecular weight excluding hydrogens is 468 g/mol. The minimum atomic E-state index is -0.484. The number of hydrogen-bond donors (Lipinski definition) is 1. The van der Waals surface area contributed by atoms with Gasteiger partial charge in [-0.05, 0) is 40.2 Å². The summed E-state index contributed by atoms with van der Waals surface area (Å²) in [4.78, 5) is 18.8. The van der Waals surface area contributed by atoms with Gasteiger partial charge >= 0.3 is 0 Å². The third kappa shape index (κ3) is 4.56. The van der Waals surface area contributed by atoms with E-state index in [1.807, 2.05) is 60.7 Å². The van der Waals surface area contributed by atoms with Gasteiger partial charge in [0, 0.05) is 23.6 Å². The Kier molecular flexibility index (Phi) is 6.11. The first-order valence-corrected chi connectivity index (χ1v) is 12.2. The average molecular weight is 495 g/mol. The molecule has 0 bridgehead atoms. The van der Waals surface area contributed by atoms with E-state index in [1.54, 1.807) is 10.7 Å². The second-order valence-corrected chi connectivity index (χ2v) is 8.98. The van der Waals surface area contributed by atoms with Crippen LogP contribution in [0.2, 0.25) is 0 Å². The number of tetrazole rings is 1. The highest BCUT2D eigenvalue weighted by atomic mass is 16.7. The van der Waals surface area contributed by atoms with Crippen molar-refractivity contribution in [3.05, 3.63) is 112 Å². The largest absolute Gasteiger partial charge is 0.454 e. The monoisotopic (exact) mass is 494 g/mol. The molecule has 1 N–H and O–H groups in total. The van der Waals surface area contributed by atoms with Gasteiger partial charge in [0.05, 0.1) is 12.1 Å². The number of ether oxygens (including phenoxy) is 2. The van der Waals surface area contributed by atoms with E-state index in [0.717, 1.165) is 16.5 Å². The predicted molar refractivity (Wildman–Crippen MR) is 138 cm³/mol. The molecular formula is C28H26N6O3. The first-order chi connectivity index (χ1) is 18.2. The average Bonchev–Trinajstić information content (AvgIpc) is 3.57. The van der Waals surface area contributed by atoms with Gasteiger partial charge in [-0.2, -0.15) is 0 Å². The molecule has 6 rings (SSSR count). The molecule has 1 aliphatic heterocycles. The molecule has 1 aliphatic rings. The third-order valence-electron chi connectivity index (χ3n) is 6.64. The van der Waals surface area contributed by atoms with E-state index in [0.29, 0.717) is 48.0 Å². The van der Waals surface area contributed by atoms with E-state index in [1.165, 1.54) is 0 Å². The Morgan fingerprint density at radius 3 is 2.41 bits per heavy atom. The Hall–Kier alpha value is -4.50. The summed E-state index contributed by atoms with van der Waals surface area (Å²) in [7, 11) is 0. The van der Waals surface area contributed by atoms with Crippen molar-refractivity contribution in [3.63, 3.8) is 0 Å².